The molecule has 1 N–H and O–H groups in total. The summed E-state index contributed by atoms with van der Waals surface area (Å²) in [6, 6.07) is 13.7. The lowest BCUT2D eigenvalue weighted by atomic mass is 10.1. The Morgan fingerprint density at radius 2 is 1.92 bits per heavy atom. The summed E-state index contributed by atoms with van der Waals surface area (Å²) in [6.07, 6.45) is 0. The van der Waals surface area contributed by atoms with Gasteiger partial charge in [0.25, 0.3) is 0 Å². The quantitative estimate of drug-likeness (QED) is 0.696. The van der Waals surface area contributed by atoms with Crippen LogP contribution in [0.4, 0.5) is 5.69 Å². The maximum Gasteiger partial charge on any atom is 0.237 e. The number of hydrogen-bond donors (Lipinski definition) is 1. The highest BCUT2D eigenvalue weighted by molar-refractivity contribution is 8.00. The van der Waals surface area contributed by atoms with E-state index in [4.69, 9.17) is 0 Å². The van der Waals surface area contributed by atoms with Crippen LogP contribution >= 0.6 is 11.8 Å². The normalized spacial score (nSPS) is 12.0. The largest absolute Gasteiger partial charge is 0.325 e. The highest BCUT2D eigenvalue weighted by Crippen LogP contribution is 2.26. The average molecular weight is 367 g/mol. The molecule has 0 saturated carbocycles. The van der Waals surface area contributed by atoms with Crippen LogP contribution in [0.5, 0.6) is 0 Å². The van der Waals surface area contributed by atoms with Crippen molar-refractivity contribution in [1.29, 1.82) is 0 Å². The zero-order valence-electron chi connectivity index (χ0n) is 15.2. The third-order valence-corrected chi connectivity index (χ3v) is 5.22. The van der Waals surface area contributed by atoms with Gasteiger partial charge in [-0.05, 0) is 73.0 Å². The SMILES string of the molecule is Cc1cccc(NC(=O)C(C)Sc2nnnn2-c2cccc(C)c2C)c1. The number of rotatable bonds is 5. The van der Waals surface area contributed by atoms with Crippen molar-refractivity contribution in [3.05, 3.63) is 59.2 Å². The molecule has 26 heavy (non-hydrogen) atoms. The molecular formula is C19H21N5OS. The van der Waals surface area contributed by atoms with E-state index in [0.29, 0.717) is 5.16 Å². The Bertz CT molecular complexity index is 937. The Labute approximate surface area is 157 Å². The molecule has 0 radical (unpaired) electrons. The van der Waals surface area contributed by atoms with Gasteiger partial charge in [-0.3, -0.25) is 4.79 Å². The first kappa shape index (κ1) is 18.1. The lowest BCUT2D eigenvalue weighted by Gasteiger charge is -2.13. The number of benzene rings is 2. The summed E-state index contributed by atoms with van der Waals surface area (Å²) in [4.78, 5) is 12.5. The van der Waals surface area contributed by atoms with Crippen molar-refractivity contribution in [2.24, 2.45) is 0 Å². The summed E-state index contributed by atoms with van der Waals surface area (Å²) in [7, 11) is 0. The molecule has 1 atom stereocenters. The maximum absolute atomic E-state index is 12.5. The van der Waals surface area contributed by atoms with Crippen LogP contribution in [0.2, 0.25) is 0 Å². The van der Waals surface area contributed by atoms with Gasteiger partial charge >= 0.3 is 0 Å². The highest BCUT2D eigenvalue weighted by Gasteiger charge is 2.20. The van der Waals surface area contributed by atoms with Crippen LogP contribution in [0.1, 0.15) is 23.6 Å². The van der Waals surface area contributed by atoms with E-state index in [0.717, 1.165) is 22.5 Å². The summed E-state index contributed by atoms with van der Waals surface area (Å²) < 4.78 is 1.68. The van der Waals surface area contributed by atoms with Gasteiger partial charge in [0.1, 0.15) is 0 Å². The predicted molar refractivity (Wildman–Crippen MR) is 104 cm³/mol. The molecule has 0 aliphatic carbocycles. The van der Waals surface area contributed by atoms with Gasteiger partial charge in [-0.15, -0.1) is 5.10 Å². The van der Waals surface area contributed by atoms with Gasteiger partial charge < -0.3 is 5.32 Å². The standard InChI is InChI=1S/C19H21N5OS/c1-12-7-5-9-16(11-12)20-18(25)15(4)26-19-21-22-23-24(19)17-10-6-8-13(2)14(17)3/h5-11,15H,1-4H3,(H,20,25). The molecule has 0 fully saturated rings. The minimum Gasteiger partial charge on any atom is -0.325 e. The van der Waals surface area contributed by atoms with Crippen LogP contribution in [-0.2, 0) is 4.79 Å². The van der Waals surface area contributed by atoms with Crippen molar-refractivity contribution in [2.75, 3.05) is 5.32 Å². The summed E-state index contributed by atoms with van der Waals surface area (Å²) >= 11 is 1.33. The van der Waals surface area contributed by atoms with Crippen molar-refractivity contribution in [3.8, 4) is 5.69 Å². The molecule has 7 heteroatoms. The van der Waals surface area contributed by atoms with Crippen molar-refractivity contribution in [2.45, 2.75) is 38.1 Å². The van der Waals surface area contributed by atoms with Crippen LogP contribution < -0.4 is 5.32 Å². The second-order valence-corrected chi connectivity index (χ2v) is 7.52. The molecule has 134 valence electrons. The summed E-state index contributed by atoms with van der Waals surface area (Å²) in [5.74, 6) is -0.0869. The van der Waals surface area contributed by atoms with E-state index < -0.39 is 0 Å². The number of carbonyl (C=O) groups is 1. The number of aryl methyl sites for hydroxylation is 2. The topological polar surface area (TPSA) is 72.7 Å². The number of nitrogens with zero attached hydrogens (tertiary/aromatic N) is 4. The minimum atomic E-state index is -0.342. The summed E-state index contributed by atoms with van der Waals surface area (Å²) in [5, 5.41) is 15.2. The monoisotopic (exact) mass is 367 g/mol. The predicted octanol–water partition coefficient (Wildman–Crippen LogP) is 3.71. The van der Waals surface area contributed by atoms with E-state index >= 15 is 0 Å². The third kappa shape index (κ3) is 3.94. The first-order chi connectivity index (χ1) is 12.5. The molecule has 1 amide bonds. The van der Waals surface area contributed by atoms with Crippen molar-refractivity contribution >= 4 is 23.4 Å². The fourth-order valence-electron chi connectivity index (χ4n) is 2.55. The summed E-state index contributed by atoms with van der Waals surface area (Å²) in [5.41, 5.74) is 5.08. The van der Waals surface area contributed by atoms with Gasteiger partial charge in [-0.1, -0.05) is 36.0 Å². The van der Waals surface area contributed by atoms with E-state index in [1.807, 2.05) is 70.2 Å². The molecule has 0 saturated heterocycles. The average Bonchev–Trinajstić information content (AvgIpc) is 3.05. The van der Waals surface area contributed by atoms with E-state index in [-0.39, 0.29) is 11.2 Å². The molecule has 3 rings (SSSR count). The number of hydrogen-bond acceptors (Lipinski definition) is 5. The van der Waals surface area contributed by atoms with Gasteiger partial charge in [-0.25, -0.2) is 0 Å². The maximum atomic E-state index is 12.5. The Hall–Kier alpha value is -2.67. The van der Waals surface area contributed by atoms with Gasteiger partial charge in [0, 0.05) is 5.69 Å². The minimum absolute atomic E-state index is 0.0869. The second kappa shape index (κ2) is 7.70. The first-order valence-electron chi connectivity index (χ1n) is 8.35. The van der Waals surface area contributed by atoms with E-state index in [1.54, 1.807) is 4.68 Å². The molecule has 1 unspecified atom stereocenters. The van der Waals surface area contributed by atoms with Crippen molar-refractivity contribution < 1.29 is 4.79 Å². The highest BCUT2D eigenvalue weighted by atomic mass is 32.2. The first-order valence-corrected chi connectivity index (χ1v) is 9.23. The van der Waals surface area contributed by atoms with Crippen LogP contribution in [-0.4, -0.2) is 31.4 Å². The Morgan fingerprint density at radius 1 is 1.15 bits per heavy atom. The third-order valence-electron chi connectivity index (χ3n) is 4.18. The molecule has 1 aromatic heterocycles. The molecule has 0 spiro atoms. The summed E-state index contributed by atoms with van der Waals surface area (Å²) in [6.45, 7) is 7.92. The van der Waals surface area contributed by atoms with Crippen molar-refractivity contribution in [1.82, 2.24) is 20.2 Å². The Morgan fingerprint density at radius 3 is 2.69 bits per heavy atom. The van der Waals surface area contributed by atoms with E-state index in [1.165, 1.54) is 17.3 Å². The molecule has 6 nitrogen and oxygen atoms in total. The fourth-order valence-corrected chi connectivity index (χ4v) is 3.35. The van der Waals surface area contributed by atoms with Gasteiger partial charge in [0.15, 0.2) is 0 Å². The van der Waals surface area contributed by atoms with Gasteiger partial charge in [0.2, 0.25) is 11.1 Å². The molecular weight excluding hydrogens is 346 g/mol. The molecule has 3 aromatic rings. The molecule has 0 bridgehead atoms. The number of nitrogens with one attached hydrogen (secondary N) is 1. The van der Waals surface area contributed by atoms with Gasteiger partial charge in [-0.2, -0.15) is 4.68 Å². The molecule has 1 heterocycles. The Kier molecular flexibility index (Phi) is 5.37. The number of amides is 1. The zero-order chi connectivity index (χ0) is 18.7. The molecule has 2 aromatic carbocycles. The lowest BCUT2D eigenvalue weighted by Crippen LogP contribution is -2.23. The number of thioether (sulfide) groups is 1. The molecule has 0 aliphatic heterocycles. The smallest absolute Gasteiger partial charge is 0.237 e. The van der Waals surface area contributed by atoms with Gasteiger partial charge in [0.05, 0.1) is 10.9 Å². The number of carbonyl (C=O) groups excluding carboxylic acids is 1. The van der Waals surface area contributed by atoms with Crippen molar-refractivity contribution in [3.63, 3.8) is 0 Å². The number of anilines is 1. The van der Waals surface area contributed by atoms with E-state index in [9.17, 15) is 4.79 Å². The zero-order valence-corrected chi connectivity index (χ0v) is 16.0. The number of tetrazole rings is 1. The van der Waals surface area contributed by atoms with Crippen LogP contribution in [0.25, 0.3) is 5.69 Å². The molecule has 0 aliphatic rings. The Balaban J connectivity index is 1.76. The second-order valence-electron chi connectivity index (χ2n) is 6.21. The van der Waals surface area contributed by atoms with Crippen LogP contribution in [0, 0.1) is 20.8 Å². The van der Waals surface area contributed by atoms with Crippen LogP contribution in [0.3, 0.4) is 0 Å². The van der Waals surface area contributed by atoms with Crippen LogP contribution in [0.15, 0.2) is 47.6 Å². The lowest BCUT2D eigenvalue weighted by molar-refractivity contribution is -0.115. The van der Waals surface area contributed by atoms with E-state index in [2.05, 4.69) is 20.8 Å². The fraction of sp³-hybridized carbons (Fsp3) is 0.263. The number of aromatic nitrogens is 4.